The van der Waals surface area contributed by atoms with E-state index >= 15 is 0 Å². The van der Waals surface area contributed by atoms with Gasteiger partial charge in [-0.2, -0.15) is 0 Å². The van der Waals surface area contributed by atoms with Gasteiger partial charge in [0.2, 0.25) is 0 Å². The summed E-state index contributed by atoms with van der Waals surface area (Å²) in [5.74, 6) is 0. The molecule has 0 radical (unpaired) electrons. The largest absolute Gasteiger partial charge is 0.381 e. The van der Waals surface area contributed by atoms with Gasteiger partial charge in [-0.05, 0) is 42.6 Å². The van der Waals surface area contributed by atoms with E-state index in [0.717, 1.165) is 32.6 Å². The molecule has 0 bridgehead atoms. The highest BCUT2D eigenvalue weighted by Crippen LogP contribution is 2.23. The third kappa shape index (κ3) is 4.06. The Hall–Kier alpha value is -1.38. The molecule has 0 aliphatic rings. The predicted molar refractivity (Wildman–Crippen MR) is 86.1 cm³/mol. The summed E-state index contributed by atoms with van der Waals surface area (Å²) in [6, 6.07) is 15.5. The van der Waals surface area contributed by atoms with Crippen molar-refractivity contribution in [2.75, 3.05) is 19.8 Å². The highest BCUT2D eigenvalue weighted by atomic mass is 16.5. The molecule has 0 fully saturated rings. The number of hydrogen-bond donors (Lipinski definition) is 1. The fourth-order valence-electron chi connectivity index (χ4n) is 2.48. The minimum Gasteiger partial charge on any atom is -0.381 e. The summed E-state index contributed by atoms with van der Waals surface area (Å²) in [5.41, 5.74) is 1.37. The number of benzene rings is 2. The Labute approximate surface area is 122 Å². The van der Waals surface area contributed by atoms with E-state index in [-0.39, 0.29) is 0 Å². The van der Waals surface area contributed by atoms with Crippen LogP contribution in [0.15, 0.2) is 42.5 Å². The van der Waals surface area contributed by atoms with Crippen molar-refractivity contribution in [3.05, 3.63) is 48.0 Å². The maximum atomic E-state index is 5.50. The molecule has 1 unspecified atom stereocenters. The van der Waals surface area contributed by atoms with E-state index in [0.29, 0.717) is 6.04 Å². The molecule has 2 aromatic carbocycles. The molecule has 0 aromatic heterocycles. The molecule has 20 heavy (non-hydrogen) atoms. The van der Waals surface area contributed by atoms with Crippen LogP contribution in [0.4, 0.5) is 0 Å². The van der Waals surface area contributed by atoms with Gasteiger partial charge >= 0.3 is 0 Å². The fraction of sp³-hybridized carbons (Fsp3) is 0.444. The van der Waals surface area contributed by atoms with Gasteiger partial charge in [0.05, 0.1) is 0 Å². The lowest BCUT2D eigenvalue weighted by Crippen LogP contribution is -2.21. The van der Waals surface area contributed by atoms with Gasteiger partial charge in [-0.3, -0.25) is 0 Å². The first-order chi connectivity index (χ1) is 9.83. The molecular formula is C18H25NO. The van der Waals surface area contributed by atoms with Crippen LogP contribution in [0, 0.1) is 0 Å². The van der Waals surface area contributed by atoms with Gasteiger partial charge in [-0.25, -0.2) is 0 Å². The van der Waals surface area contributed by atoms with Crippen LogP contribution in [-0.4, -0.2) is 19.8 Å². The van der Waals surface area contributed by atoms with E-state index in [1.54, 1.807) is 0 Å². The second-order valence-corrected chi connectivity index (χ2v) is 5.21. The molecule has 1 N–H and O–H groups in total. The first-order valence-corrected chi connectivity index (χ1v) is 7.61. The Morgan fingerprint density at radius 2 is 1.85 bits per heavy atom. The normalized spacial score (nSPS) is 12.7. The Bertz CT molecular complexity index is 518. The molecule has 0 aliphatic carbocycles. The van der Waals surface area contributed by atoms with E-state index in [9.17, 15) is 0 Å². The van der Waals surface area contributed by atoms with Crippen LogP contribution < -0.4 is 5.32 Å². The Morgan fingerprint density at radius 1 is 1.05 bits per heavy atom. The molecule has 0 heterocycles. The molecule has 2 heteroatoms. The standard InChI is InChI=1S/C18H25NO/c1-3-13-20-14-7-12-19-15(2)17-11-6-9-16-8-4-5-10-18(16)17/h4-6,8-11,15,19H,3,7,12-14H2,1-2H3. The quantitative estimate of drug-likeness (QED) is 0.722. The number of ether oxygens (including phenoxy) is 1. The van der Waals surface area contributed by atoms with Crippen molar-refractivity contribution in [3.63, 3.8) is 0 Å². The lowest BCUT2D eigenvalue weighted by molar-refractivity contribution is 0.132. The average Bonchev–Trinajstić information content (AvgIpc) is 2.50. The van der Waals surface area contributed by atoms with Crippen LogP contribution in [0.1, 0.15) is 38.3 Å². The van der Waals surface area contributed by atoms with E-state index in [1.807, 2.05) is 0 Å². The smallest absolute Gasteiger partial charge is 0.0478 e. The number of hydrogen-bond acceptors (Lipinski definition) is 2. The van der Waals surface area contributed by atoms with Crippen molar-refractivity contribution in [2.45, 2.75) is 32.7 Å². The van der Waals surface area contributed by atoms with Crippen LogP contribution in [0.3, 0.4) is 0 Å². The minimum atomic E-state index is 0.368. The molecule has 0 spiro atoms. The van der Waals surface area contributed by atoms with Crippen molar-refractivity contribution in [1.82, 2.24) is 5.32 Å². The SMILES string of the molecule is CCCOCCCNC(C)c1cccc2ccccc12. The second-order valence-electron chi connectivity index (χ2n) is 5.21. The number of rotatable bonds is 8. The van der Waals surface area contributed by atoms with Gasteiger partial charge in [-0.1, -0.05) is 49.4 Å². The van der Waals surface area contributed by atoms with Crippen molar-refractivity contribution in [1.29, 1.82) is 0 Å². The average molecular weight is 271 g/mol. The van der Waals surface area contributed by atoms with Crippen molar-refractivity contribution in [2.24, 2.45) is 0 Å². The summed E-state index contributed by atoms with van der Waals surface area (Å²) in [6.07, 6.45) is 2.16. The highest BCUT2D eigenvalue weighted by molar-refractivity contribution is 5.86. The maximum absolute atomic E-state index is 5.50. The Kier molecular flexibility index (Phi) is 6.03. The monoisotopic (exact) mass is 271 g/mol. The molecule has 2 nitrogen and oxygen atoms in total. The van der Waals surface area contributed by atoms with Crippen LogP contribution in [0.5, 0.6) is 0 Å². The van der Waals surface area contributed by atoms with E-state index in [2.05, 4.69) is 61.6 Å². The summed E-state index contributed by atoms with van der Waals surface area (Å²) in [6.45, 7) is 7.09. The van der Waals surface area contributed by atoms with Gasteiger partial charge in [-0.15, -0.1) is 0 Å². The van der Waals surface area contributed by atoms with Crippen molar-refractivity contribution in [3.8, 4) is 0 Å². The van der Waals surface area contributed by atoms with Crippen molar-refractivity contribution >= 4 is 10.8 Å². The molecule has 0 amide bonds. The second kappa shape index (κ2) is 8.03. The van der Waals surface area contributed by atoms with Gasteiger partial charge in [0.15, 0.2) is 0 Å². The zero-order chi connectivity index (χ0) is 14.2. The molecule has 2 rings (SSSR count). The van der Waals surface area contributed by atoms with Gasteiger partial charge in [0.25, 0.3) is 0 Å². The van der Waals surface area contributed by atoms with E-state index in [1.165, 1.54) is 16.3 Å². The molecule has 0 saturated carbocycles. The third-order valence-corrected chi connectivity index (χ3v) is 3.55. The van der Waals surface area contributed by atoms with Crippen LogP contribution in [0.25, 0.3) is 10.8 Å². The third-order valence-electron chi connectivity index (χ3n) is 3.55. The zero-order valence-corrected chi connectivity index (χ0v) is 12.6. The lowest BCUT2D eigenvalue weighted by Gasteiger charge is -2.16. The molecule has 0 saturated heterocycles. The van der Waals surface area contributed by atoms with Crippen LogP contribution in [-0.2, 0) is 4.74 Å². The highest BCUT2D eigenvalue weighted by Gasteiger charge is 2.07. The summed E-state index contributed by atoms with van der Waals surface area (Å²) >= 11 is 0. The van der Waals surface area contributed by atoms with E-state index in [4.69, 9.17) is 4.74 Å². The zero-order valence-electron chi connectivity index (χ0n) is 12.6. The predicted octanol–water partition coefficient (Wildman–Crippen LogP) is 4.31. The topological polar surface area (TPSA) is 21.3 Å². The molecule has 1 atom stereocenters. The van der Waals surface area contributed by atoms with Gasteiger partial charge in [0.1, 0.15) is 0 Å². The number of nitrogens with one attached hydrogen (secondary N) is 1. The fourth-order valence-corrected chi connectivity index (χ4v) is 2.48. The minimum absolute atomic E-state index is 0.368. The van der Waals surface area contributed by atoms with Gasteiger partial charge < -0.3 is 10.1 Å². The summed E-state index contributed by atoms with van der Waals surface area (Å²) in [4.78, 5) is 0. The first-order valence-electron chi connectivity index (χ1n) is 7.61. The summed E-state index contributed by atoms with van der Waals surface area (Å²) in [7, 11) is 0. The summed E-state index contributed by atoms with van der Waals surface area (Å²) < 4.78 is 5.50. The lowest BCUT2D eigenvalue weighted by atomic mass is 10.00. The maximum Gasteiger partial charge on any atom is 0.0478 e. The Morgan fingerprint density at radius 3 is 2.70 bits per heavy atom. The van der Waals surface area contributed by atoms with E-state index < -0.39 is 0 Å². The van der Waals surface area contributed by atoms with Crippen LogP contribution in [0.2, 0.25) is 0 Å². The van der Waals surface area contributed by atoms with Crippen LogP contribution >= 0.6 is 0 Å². The summed E-state index contributed by atoms with van der Waals surface area (Å²) in [5, 5.41) is 6.24. The molecule has 108 valence electrons. The Balaban J connectivity index is 1.89. The van der Waals surface area contributed by atoms with Gasteiger partial charge in [0, 0.05) is 19.3 Å². The van der Waals surface area contributed by atoms with Crippen molar-refractivity contribution < 1.29 is 4.74 Å². The first kappa shape index (κ1) is 15.0. The molecule has 0 aliphatic heterocycles. The number of fused-ring (bicyclic) bond motifs is 1. The molecular weight excluding hydrogens is 246 g/mol. The molecule has 2 aromatic rings.